The van der Waals surface area contributed by atoms with Gasteiger partial charge in [-0.1, -0.05) is 41.4 Å². The van der Waals surface area contributed by atoms with Gasteiger partial charge in [0.15, 0.2) is 0 Å². The van der Waals surface area contributed by atoms with E-state index in [1.54, 1.807) is 49.4 Å². The van der Waals surface area contributed by atoms with Crippen molar-refractivity contribution >= 4 is 40.8 Å². The predicted molar refractivity (Wildman–Crippen MR) is 98.6 cm³/mol. The van der Waals surface area contributed by atoms with Crippen LogP contribution in [0.2, 0.25) is 10.0 Å². The first-order valence-corrected chi connectivity index (χ1v) is 8.30. The standard InChI is InChI=1S/C18H15Cl2N3O2/c1-10-15(17(24)22-14-7-3-6-13(20)9-14)16(23-18(25)21-10)11-4-2-5-12(19)8-11/h2-9,16H,1H3,(H,22,24)(H2,21,23,25)/t16-/m1/s1. The van der Waals surface area contributed by atoms with E-state index in [-0.39, 0.29) is 11.9 Å². The maximum absolute atomic E-state index is 12.8. The molecule has 1 aliphatic heterocycles. The first-order valence-electron chi connectivity index (χ1n) is 7.54. The number of benzene rings is 2. The first-order chi connectivity index (χ1) is 11.9. The van der Waals surface area contributed by atoms with Gasteiger partial charge in [0.25, 0.3) is 5.91 Å². The lowest BCUT2D eigenvalue weighted by atomic mass is 9.95. The van der Waals surface area contributed by atoms with Gasteiger partial charge in [-0.05, 0) is 42.8 Å². The molecule has 2 aromatic carbocycles. The molecule has 3 rings (SSSR count). The van der Waals surface area contributed by atoms with Crippen LogP contribution in [-0.4, -0.2) is 11.9 Å². The summed E-state index contributed by atoms with van der Waals surface area (Å²) in [7, 11) is 0. The van der Waals surface area contributed by atoms with Crippen LogP contribution in [0.15, 0.2) is 59.8 Å². The molecule has 1 aliphatic rings. The van der Waals surface area contributed by atoms with Crippen molar-refractivity contribution in [1.82, 2.24) is 10.6 Å². The minimum absolute atomic E-state index is 0.336. The highest BCUT2D eigenvalue weighted by Crippen LogP contribution is 2.29. The van der Waals surface area contributed by atoms with Crippen LogP contribution in [0.3, 0.4) is 0 Å². The Kier molecular flexibility index (Phi) is 4.97. The Bertz CT molecular complexity index is 880. The topological polar surface area (TPSA) is 70.2 Å². The van der Waals surface area contributed by atoms with E-state index in [9.17, 15) is 9.59 Å². The second kappa shape index (κ2) is 7.17. The SMILES string of the molecule is CC1=C(C(=O)Nc2cccc(Cl)c2)[C@@H](c2cccc(Cl)c2)NC(=O)N1. The summed E-state index contributed by atoms with van der Waals surface area (Å²) in [5.74, 6) is -0.336. The number of halogens is 2. The number of allylic oxidation sites excluding steroid dienone is 1. The van der Waals surface area contributed by atoms with E-state index in [0.29, 0.717) is 27.0 Å². The van der Waals surface area contributed by atoms with E-state index < -0.39 is 6.04 Å². The van der Waals surface area contributed by atoms with Gasteiger partial charge in [0, 0.05) is 21.4 Å². The van der Waals surface area contributed by atoms with Crippen molar-refractivity contribution in [1.29, 1.82) is 0 Å². The molecule has 0 radical (unpaired) electrons. The molecule has 3 N–H and O–H groups in total. The molecule has 0 bridgehead atoms. The number of anilines is 1. The Labute approximate surface area is 155 Å². The summed E-state index contributed by atoms with van der Waals surface area (Å²) in [6, 6.07) is 12.9. The van der Waals surface area contributed by atoms with Crippen LogP contribution in [0.5, 0.6) is 0 Å². The second-order valence-electron chi connectivity index (χ2n) is 5.59. The van der Waals surface area contributed by atoms with E-state index >= 15 is 0 Å². The van der Waals surface area contributed by atoms with Crippen molar-refractivity contribution in [2.75, 3.05) is 5.32 Å². The zero-order valence-electron chi connectivity index (χ0n) is 13.3. The van der Waals surface area contributed by atoms with Crippen molar-refractivity contribution in [2.24, 2.45) is 0 Å². The van der Waals surface area contributed by atoms with Gasteiger partial charge in [0.05, 0.1) is 11.6 Å². The average Bonchev–Trinajstić information content (AvgIpc) is 2.54. The lowest BCUT2D eigenvalue weighted by Gasteiger charge is -2.28. The molecular formula is C18H15Cl2N3O2. The van der Waals surface area contributed by atoms with Gasteiger partial charge in [-0.3, -0.25) is 4.79 Å². The molecule has 0 saturated heterocycles. The van der Waals surface area contributed by atoms with Crippen LogP contribution in [0.1, 0.15) is 18.5 Å². The van der Waals surface area contributed by atoms with Gasteiger partial charge >= 0.3 is 6.03 Å². The molecule has 7 heteroatoms. The summed E-state index contributed by atoms with van der Waals surface area (Å²) in [5, 5.41) is 9.25. The Morgan fingerprint density at radius 3 is 2.44 bits per heavy atom. The molecule has 128 valence electrons. The molecule has 2 aromatic rings. The molecule has 0 saturated carbocycles. The fraction of sp³-hybridized carbons (Fsp3) is 0.111. The van der Waals surface area contributed by atoms with Gasteiger partial charge in [-0.2, -0.15) is 0 Å². The van der Waals surface area contributed by atoms with E-state index in [2.05, 4.69) is 16.0 Å². The highest BCUT2D eigenvalue weighted by molar-refractivity contribution is 6.31. The molecule has 25 heavy (non-hydrogen) atoms. The molecule has 0 spiro atoms. The average molecular weight is 376 g/mol. The number of carbonyl (C=O) groups is 2. The summed E-state index contributed by atoms with van der Waals surface area (Å²) in [6.45, 7) is 1.68. The number of hydrogen-bond donors (Lipinski definition) is 3. The largest absolute Gasteiger partial charge is 0.327 e. The third-order valence-corrected chi connectivity index (χ3v) is 4.25. The minimum Gasteiger partial charge on any atom is -0.327 e. The Hall–Kier alpha value is -2.50. The molecule has 0 fully saturated rings. The third-order valence-electron chi connectivity index (χ3n) is 3.78. The fourth-order valence-corrected chi connectivity index (χ4v) is 3.08. The Morgan fingerprint density at radius 1 is 1.08 bits per heavy atom. The summed E-state index contributed by atoms with van der Waals surface area (Å²) < 4.78 is 0. The lowest BCUT2D eigenvalue weighted by molar-refractivity contribution is -0.113. The number of hydrogen-bond acceptors (Lipinski definition) is 2. The molecule has 0 aromatic heterocycles. The van der Waals surface area contributed by atoms with Crippen LogP contribution in [0, 0.1) is 0 Å². The van der Waals surface area contributed by atoms with Crippen LogP contribution in [-0.2, 0) is 4.79 Å². The summed E-state index contributed by atoms with van der Waals surface area (Å²) in [6.07, 6.45) is 0. The highest BCUT2D eigenvalue weighted by Gasteiger charge is 2.31. The van der Waals surface area contributed by atoms with Crippen molar-refractivity contribution in [3.05, 3.63) is 75.4 Å². The van der Waals surface area contributed by atoms with Gasteiger partial charge in [0.1, 0.15) is 0 Å². The molecule has 5 nitrogen and oxygen atoms in total. The normalized spacial score (nSPS) is 16.9. The van der Waals surface area contributed by atoms with E-state index in [0.717, 1.165) is 5.56 Å². The maximum Gasteiger partial charge on any atom is 0.319 e. The van der Waals surface area contributed by atoms with Crippen LogP contribution in [0.4, 0.5) is 10.5 Å². The van der Waals surface area contributed by atoms with Gasteiger partial charge < -0.3 is 16.0 Å². The maximum atomic E-state index is 12.8. The Morgan fingerprint density at radius 2 is 1.76 bits per heavy atom. The smallest absolute Gasteiger partial charge is 0.319 e. The van der Waals surface area contributed by atoms with Crippen LogP contribution >= 0.6 is 23.2 Å². The fourth-order valence-electron chi connectivity index (χ4n) is 2.70. The summed E-state index contributed by atoms with van der Waals surface area (Å²) in [5.41, 5.74) is 2.17. The number of carbonyl (C=O) groups excluding carboxylic acids is 2. The molecule has 0 aliphatic carbocycles. The zero-order valence-corrected chi connectivity index (χ0v) is 14.8. The third kappa shape index (κ3) is 3.95. The monoisotopic (exact) mass is 375 g/mol. The van der Waals surface area contributed by atoms with E-state index in [4.69, 9.17) is 23.2 Å². The lowest BCUT2D eigenvalue weighted by Crippen LogP contribution is -2.45. The van der Waals surface area contributed by atoms with E-state index in [1.165, 1.54) is 0 Å². The highest BCUT2D eigenvalue weighted by atomic mass is 35.5. The van der Waals surface area contributed by atoms with Crippen LogP contribution < -0.4 is 16.0 Å². The molecule has 0 unspecified atom stereocenters. The number of amides is 3. The van der Waals surface area contributed by atoms with Crippen molar-refractivity contribution in [3.8, 4) is 0 Å². The second-order valence-corrected chi connectivity index (χ2v) is 6.46. The number of rotatable bonds is 3. The van der Waals surface area contributed by atoms with Gasteiger partial charge in [-0.15, -0.1) is 0 Å². The van der Waals surface area contributed by atoms with Crippen LogP contribution in [0.25, 0.3) is 0 Å². The van der Waals surface area contributed by atoms with Gasteiger partial charge in [-0.25, -0.2) is 4.79 Å². The molecule has 1 atom stereocenters. The summed E-state index contributed by atoms with van der Waals surface area (Å²) in [4.78, 5) is 24.7. The number of nitrogens with one attached hydrogen (secondary N) is 3. The molecular weight excluding hydrogens is 361 g/mol. The molecule has 3 amide bonds. The van der Waals surface area contributed by atoms with Crippen molar-refractivity contribution < 1.29 is 9.59 Å². The van der Waals surface area contributed by atoms with Crippen molar-refractivity contribution in [3.63, 3.8) is 0 Å². The zero-order chi connectivity index (χ0) is 18.0. The number of urea groups is 1. The van der Waals surface area contributed by atoms with Crippen molar-refractivity contribution in [2.45, 2.75) is 13.0 Å². The van der Waals surface area contributed by atoms with Gasteiger partial charge in [0.2, 0.25) is 0 Å². The molecule has 1 heterocycles. The first kappa shape index (κ1) is 17.3. The minimum atomic E-state index is -0.605. The predicted octanol–water partition coefficient (Wildman–Crippen LogP) is 4.26. The summed E-state index contributed by atoms with van der Waals surface area (Å²) >= 11 is 12.0. The Balaban J connectivity index is 1.96. The quantitative estimate of drug-likeness (QED) is 0.749. The van der Waals surface area contributed by atoms with E-state index in [1.807, 2.05) is 6.07 Å².